The second-order valence-electron chi connectivity index (χ2n) is 6.44. The number of halogens is 1. The van der Waals surface area contributed by atoms with Gasteiger partial charge in [-0.25, -0.2) is 4.98 Å². The van der Waals surface area contributed by atoms with Crippen LogP contribution in [-0.2, 0) is 4.79 Å². The zero-order chi connectivity index (χ0) is 18.4. The molecule has 1 amide bonds. The van der Waals surface area contributed by atoms with Crippen molar-refractivity contribution in [2.45, 2.75) is 18.9 Å². The van der Waals surface area contributed by atoms with Gasteiger partial charge in [0, 0.05) is 11.6 Å². The van der Waals surface area contributed by atoms with E-state index in [2.05, 4.69) is 15.3 Å². The number of anilines is 2. The summed E-state index contributed by atoms with van der Waals surface area (Å²) in [4.78, 5) is 23.8. The number of hydrogen-bond donors (Lipinski definition) is 1. The third-order valence-electron chi connectivity index (χ3n) is 4.66. The van der Waals surface area contributed by atoms with Crippen molar-refractivity contribution in [1.29, 1.82) is 0 Å². The van der Waals surface area contributed by atoms with Crippen LogP contribution in [0.5, 0.6) is 0 Å². The Balaban J connectivity index is 1.39. The molecule has 1 saturated heterocycles. The third kappa shape index (κ3) is 3.02. The predicted molar refractivity (Wildman–Crippen MR) is 108 cm³/mol. The molecule has 0 spiro atoms. The summed E-state index contributed by atoms with van der Waals surface area (Å²) in [5.41, 5.74) is 2.34. The Morgan fingerprint density at radius 2 is 2.11 bits per heavy atom. The first-order chi connectivity index (χ1) is 13.2. The Labute approximate surface area is 163 Å². The van der Waals surface area contributed by atoms with Gasteiger partial charge >= 0.3 is 0 Å². The van der Waals surface area contributed by atoms with Crippen molar-refractivity contribution in [3.05, 3.63) is 47.5 Å². The van der Waals surface area contributed by atoms with Crippen molar-refractivity contribution in [3.8, 4) is 0 Å². The van der Waals surface area contributed by atoms with Gasteiger partial charge in [0.15, 0.2) is 10.7 Å². The molecular weight excluding hydrogens is 384 g/mol. The van der Waals surface area contributed by atoms with Crippen molar-refractivity contribution in [2.75, 3.05) is 16.8 Å². The maximum Gasteiger partial charge on any atom is 0.299 e. The van der Waals surface area contributed by atoms with Crippen molar-refractivity contribution in [2.24, 2.45) is 0 Å². The molecule has 0 saturated carbocycles. The van der Waals surface area contributed by atoms with Gasteiger partial charge in [0.25, 0.3) is 6.01 Å². The molecule has 2 aromatic carbocycles. The number of benzene rings is 2. The van der Waals surface area contributed by atoms with Crippen LogP contribution in [0.25, 0.3) is 21.3 Å². The number of aromatic nitrogens is 2. The normalized spacial score (nSPS) is 17.1. The lowest BCUT2D eigenvalue weighted by Crippen LogP contribution is -2.39. The summed E-state index contributed by atoms with van der Waals surface area (Å²) in [7, 11) is 0. The van der Waals surface area contributed by atoms with E-state index in [4.69, 9.17) is 16.0 Å². The number of amides is 1. The predicted octanol–water partition coefficient (Wildman–Crippen LogP) is 4.70. The number of rotatable bonds is 3. The van der Waals surface area contributed by atoms with Crippen molar-refractivity contribution in [3.63, 3.8) is 0 Å². The second kappa shape index (κ2) is 6.51. The molecule has 136 valence electrons. The Bertz CT molecular complexity index is 1120. The van der Waals surface area contributed by atoms with Crippen LogP contribution in [0.2, 0.25) is 5.02 Å². The van der Waals surface area contributed by atoms with Crippen LogP contribution >= 0.6 is 22.9 Å². The molecule has 1 aliphatic rings. The summed E-state index contributed by atoms with van der Waals surface area (Å²) < 4.78 is 6.80. The van der Waals surface area contributed by atoms with Crippen LogP contribution in [0.1, 0.15) is 12.8 Å². The minimum Gasteiger partial charge on any atom is -0.423 e. The van der Waals surface area contributed by atoms with E-state index in [-0.39, 0.29) is 11.9 Å². The highest BCUT2D eigenvalue weighted by molar-refractivity contribution is 7.22. The minimum atomic E-state index is -0.325. The fraction of sp³-hybridized carbons (Fsp3) is 0.211. The number of nitrogens with zero attached hydrogens (tertiary/aromatic N) is 3. The van der Waals surface area contributed by atoms with Gasteiger partial charge in [-0.1, -0.05) is 35.1 Å². The van der Waals surface area contributed by atoms with Gasteiger partial charge in [0.1, 0.15) is 11.6 Å². The number of fused-ring (bicyclic) bond motifs is 2. The average Bonchev–Trinajstić information content (AvgIpc) is 3.37. The van der Waals surface area contributed by atoms with E-state index in [1.807, 2.05) is 41.3 Å². The minimum absolute atomic E-state index is 0.0973. The van der Waals surface area contributed by atoms with E-state index in [0.29, 0.717) is 16.2 Å². The maximum absolute atomic E-state index is 12.9. The van der Waals surface area contributed by atoms with E-state index >= 15 is 0 Å². The molecule has 0 radical (unpaired) electrons. The largest absolute Gasteiger partial charge is 0.423 e. The Morgan fingerprint density at radius 1 is 1.22 bits per heavy atom. The van der Waals surface area contributed by atoms with Gasteiger partial charge in [-0.05, 0) is 43.2 Å². The van der Waals surface area contributed by atoms with Gasteiger partial charge in [-0.15, -0.1) is 0 Å². The van der Waals surface area contributed by atoms with Crippen LogP contribution in [0, 0.1) is 0 Å². The molecule has 0 bridgehead atoms. The zero-order valence-corrected chi connectivity index (χ0v) is 15.8. The van der Waals surface area contributed by atoms with Crippen molar-refractivity contribution in [1.82, 2.24) is 9.97 Å². The topological polar surface area (TPSA) is 71.3 Å². The summed E-state index contributed by atoms with van der Waals surface area (Å²) in [6.45, 7) is 0.736. The summed E-state index contributed by atoms with van der Waals surface area (Å²) in [6.07, 6.45) is 1.66. The number of thiazole rings is 1. The van der Waals surface area contributed by atoms with Gasteiger partial charge in [0.05, 0.1) is 10.2 Å². The molecule has 1 fully saturated rings. The molecule has 1 aliphatic heterocycles. The van der Waals surface area contributed by atoms with Crippen LogP contribution in [0.4, 0.5) is 11.1 Å². The number of para-hydroxylation sites is 2. The summed E-state index contributed by atoms with van der Waals surface area (Å²) >= 11 is 7.44. The zero-order valence-electron chi connectivity index (χ0n) is 14.2. The number of carbonyl (C=O) groups is 1. The lowest BCUT2D eigenvalue weighted by Gasteiger charge is -2.21. The highest BCUT2D eigenvalue weighted by Gasteiger charge is 2.34. The Morgan fingerprint density at radius 3 is 3.00 bits per heavy atom. The summed E-state index contributed by atoms with van der Waals surface area (Å²) in [5.74, 6) is -0.0973. The van der Waals surface area contributed by atoms with Crippen molar-refractivity contribution >= 4 is 61.3 Å². The van der Waals surface area contributed by atoms with Gasteiger partial charge < -0.3 is 14.6 Å². The molecular formula is C19H15ClN4O2S. The van der Waals surface area contributed by atoms with E-state index in [0.717, 1.165) is 40.7 Å². The molecule has 8 heteroatoms. The Hall–Kier alpha value is -2.64. The number of nitrogens with one attached hydrogen (secondary N) is 1. The smallest absolute Gasteiger partial charge is 0.299 e. The quantitative estimate of drug-likeness (QED) is 0.541. The molecule has 2 aromatic heterocycles. The summed E-state index contributed by atoms with van der Waals surface area (Å²) in [6, 6.07) is 13.3. The van der Waals surface area contributed by atoms with Gasteiger partial charge in [-0.2, -0.15) is 4.98 Å². The maximum atomic E-state index is 12.9. The van der Waals surface area contributed by atoms with E-state index in [9.17, 15) is 4.79 Å². The molecule has 1 atom stereocenters. The Kier molecular flexibility index (Phi) is 3.98. The van der Waals surface area contributed by atoms with E-state index in [1.165, 1.54) is 11.3 Å². The molecule has 4 aromatic rings. The van der Waals surface area contributed by atoms with Crippen LogP contribution in [-0.4, -0.2) is 28.5 Å². The van der Waals surface area contributed by atoms with Gasteiger partial charge in [-0.3, -0.25) is 4.79 Å². The lowest BCUT2D eigenvalue weighted by atomic mass is 10.2. The standard InChI is InChI=1S/C19H15ClN4O2S/c20-11-7-8-13-16(10-11)27-18(21-13)23-17(25)14-5-3-9-24(14)19-22-12-4-1-2-6-15(12)26-19/h1-2,4,6-8,10,14H,3,5,9H2,(H,21,23,25). The molecule has 0 aliphatic carbocycles. The number of oxazole rings is 1. The molecule has 1 N–H and O–H groups in total. The lowest BCUT2D eigenvalue weighted by molar-refractivity contribution is -0.117. The van der Waals surface area contributed by atoms with Crippen molar-refractivity contribution < 1.29 is 9.21 Å². The first-order valence-corrected chi connectivity index (χ1v) is 9.86. The monoisotopic (exact) mass is 398 g/mol. The molecule has 3 heterocycles. The van der Waals surface area contributed by atoms with E-state index < -0.39 is 0 Å². The fourth-order valence-electron chi connectivity index (χ4n) is 3.39. The highest BCUT2D eigenvalue weighted by Crippen LogP contribution is 2.31. The molecule has 6 nitrogen and oxygen atoms in total. The van der Waals surface area contributed by atoms with Crippen LogP contribution < -0.4 is 10.2 Å². The third-order valence-corrected chi connectivity index (χ3v) is 5.83. The SMILES string of the molecule is O=C(Nc1nc2ccc(Cl)cc2s1)C1CCCN1c1nc2ccccc2o1. The van der Waals surface area contributed by atoms with Crippen LogP contribution in [0.3, 0.4) is 0 Å². The first kappa shape index (κ1) is 16.5. The average molecular weight is 399 g/mol. The number of hydrogen-bond acceptors (Lipinski definition) is 6. The first-order valence-electron chi connectivity index (χ1n) is 8.66. The molecule has 1 unspecified atom stereocenters. The van der Waals surface area contributed by atoms with Gasteiger partial charge in [0.2, 0.25) is 5.91 Å². The fourth-order valence-corrected chi connectivity index (χ4v) is 4.54. The number of carbonyl (C=O) groups excluding carboxylic acids is 1. The highest BCUT2D eigenvalue weighted by atomic mass is 35.5. The molecule has 5 rings (SSSR count). The second-order valence-corrected chi connectivity index (χ2v) is 7.90. The molecule has 27 heavy (non-hydrogen) atoms. The van der Waals surface area contributed by atoms with E-state index in [1.54, 1.807) is 6.07 Å². The van der Waals surface area contributed by atoms with Crippen LogP contribution in [0.15, 0.2) is 46.9 Å². The summed E-state index contributed by atoms with van der Waals surface area (Å²) in [5, 5.41) is 4.17.